The molecule has 3 heterocycles. The van der Waals surface area contributed by atoms with Crippen LogP contribution in [-0.2, 0) is 18.6 Å². The summed E-state index contributed by atoms with van der Waals surface area (Å²) >= 11 is 3.14. The quantitative estimate of drug-likeness (QED) is 0.515. The van der Waals surface area contributed by atoms with Crippen molar-refractivity contribution in [3.63, 3.8) is 0 Å². The molecule has 0 bridgehead atoms. The summed E-state index contributed by atoms with van der Waals surface area (Å²) in [6.07, 6.45) is 4.39. The van der Waals surface area contributed by atoms with Crippen LogP contribution in [0.25, 0.3) is 16.3 Å². The van der Waals surface area contributed by atoms with E-state index in [9.17, 15) is 4.79 Å². The molecule has 1 aromatic carbocycles. The van der Waals surface area contributed by atoms with Gasteiger partial charge in [-0.1, -0.05) is 41.6 Å². The second-order valence-corrected chi connectivity index (χ2v) is 9.01. The van der Waals surface area contributed by atoms with E-state index >= 15 is 0 Å². The normalized spacial score (nSPS) is 13.8. The SMILES string of the molecule is Cc1ccc(-c2nc(SCc3cc(=O)n4c5c(sc4n3)CCCC5)n[nH]2)cc1. The van der Waals surface area contributed by atoms with Gasteiger partial charge in [0.05, 0.1) is 5.69 Å². The van der Waals surface area contributed by atoms with Crippen LogP contribution in [0, 0.1) is 6.92 Å². The zero-order valence-corrected chi connectivity index (χ0v) is 17.1. The van der Waals surface area contributed by atoms with Gasteiger partial charge in [0.25, 0.3) is 5.56 Å². The van der Waals surface area contributed by atoms with Crippen LogP contribution < -0.4 is 5.56 Å². The third kappa shape index (κ3) is 3.27. The van der Waals surface area contributed by atoms with Crippen LogP contribution in [0.3, 0.4) is 0 Å². The standard InChI is InChI=1S/C20H19N5OS2/c1-12-6-8-13(9-7-12)18-22-19(24-23-18)27-11-14-10-17(26)25-15-4-2-3-5-16(15)28-20(25)21-14/h6-10H,2-5,11H2,1H3,(H,22,23,24). The van der Waals surface area contributed by atoms with Crippen molar-refractivity contribution < 1.29 is 0 Å². The van der Waals surface area contributed by atoms with Crippen LogP contribution in [-0.4, -0.2) is 24.6 Å². The highest BCUT2D eigenvalue weighted by Crippen LogP contribution is 2.29. The molecule has 28 heavy (non-hydrogen) atoms. The fourth-order valence-corrected chi connectivity index (χ4v) is 5.43. The van der Waals surface area contributed by atoms with Crippen LogP contribution in [0.5, 0.6) is 0 Å². The maximum Gasteiger partial charge on any atom is 0.259 e. The lowest BCUT2D eigenvalue weighted by molar-refractivity contribution is 0.670. The number of benzene rings is 1. The molecular formula is C20H19N5OS2. The molecule has 142 valence electrons. The first-order chi connectivity index (χ1) is 13.7. The zero-order valence-electron chi connectivity index (χ0n) is 15.4. The fraction of sp³-hybridized carbons (Fsp3) is 0.300. The van der Waals surface area contributed by atoms with E-state index in [1.807, 2.05) is 12.1 Å². The van der Waals surface area contributed by atoms with Gasteiger partial charge in [-0.05, 0) is 32.6 Å². The summed E-state index contributed by atoms with van der Waals surface area (Å²) in [5.41, 5.74) is 4.18. The predicted molar refractivity (Wildman–Crippen MR) is 112 cm³/mol. The Bertz CT molecular complexity index is 1210. The molecule has 0 fully saturated rings. The van der Waals surface area contributed by atoms with E-state index in [0.717, 1.165) is 41.3 Å². The number of thiazole rings is 1. The van der Waals surface area contributed by atoms with Gasteiger partial charge < -0.3 is 0 Å². The summed E-state index contributed by atoms with van der Waals surface area (Å²) in [5, 5.41) is 7.93. The summed E-state index contributed by atoms with van der Waals surface area (Å²) in [7, 11) is 0. The number of aromatic nitrogens is 5. The molecule has 1 aliphatic rings. The number of hydrogen-bond donors (Lipinski definition) is 1. The van der Waals surface area contributed by atoms with Gasteiger partial charge in [-0.25, -0.2) is 9.97 Å². The minimum atomic E-state index is 0.0235. The maximum absolute atomic E-state index is 12.6. The van der Waals surface area contributed by atoms with Crippen LogP contribution in [0.15, 0.2) is 40.3 Å². The van der Waals surface area contributed by atoms with Crippen LogP contribution in [0.1, 0.15) is 34.7 Å². The van der Waals surface area contributed by atoms with E-state index < -0.39 is 0 Å². The maximum atomic E-state index is 12.6. The van der Waals surface area contributed by atoms with Crippen LogP contribution in [0.4, 0.5) is 0 Å². The molecule has 0 radical (unpaired) electrons. The molecule has 0 saturated carbocycles. The molecule has 0 spiro atoms. The molecular weight excluding hydrogens is 390 g/mol. The van der Waals surface area contributed by atoms with Gasteiger partial charge in [0.2, 0.25) is 5.16 Å². The molecule has 0 atom stereocenters. The average molecular weight is 410 g/mol. The van der Waals surface area contributed by atoms with E-state index in [4.69, 9.17) is 4.98 Å². The lowest BCUT2D eigenvalue weighted by Crippen LogP contribution is -2.17. The number of H-pyrrole nitrogens is 1. The summed E-state index contributed by atoms with van der Waals surface area (Å²) < 4.78 is 1.80. The van der Waals surface area contributed by atoms with Crippen molar-refractivity contribution in [1.82, 2.24) is 24.6 Å². The Morgan fingerprint density at radius 3 is 2.86 bits per heavy atom. The molecule has 8 heteroatoms. The van der Waals surface area contributed by atoms with E-state index in [1.54, 1.807) is 21.8 Å². The minimum absolute atomic E-state index is 0.0235. The number of thioether (sulfide) groups is 1. The third-order valence-corrected chi connectivity index (χ3v) is 6.98. The second-order valence-electron chi connectivity index (χ2n) is 7.00. The zero-order chi connectivity index (χ0) is 19.1. The number of nitrogens with zero attached hydrogens (tertiary/aromatic N) is 4. The second kappa shape index (κ2) is 7.18. The van der Waals surface area contributed by atoms with E-state index in [2.05, 4.69) is 34.2 Å². The highest BCUT2D eigenvalue weighted by Gasteiger charge is 2.18. The summed E-state index contributed by atoms with van der Waals surface area (Å²) in [4.78, 5) is 24.0. The number of fused-ring (bicyclic) bond motifs is 3. The molecule has 6 nitrogen and oxygen atoms in total. The number of nitrogens with one attached hydrogen (secondary N) is 1. The molecule has 0 amide bonds. The molecule has 3 aromatic heterocycles. The van der Waals surface area contributed by atoms with Crippen LogP contribution >= 0.6 is 23.1 Å². The third-order valence-electron chi connectivity index (χ3n) is 4.95. The van der Waals surface area contributed by atoms with E-state index in [1.165, 1.54) is 34.3 Å². The first-order valence-electron chi connectivity index (χ1n) is 9.33. The van der Waals surface area contributed by atoms with E-state index in [0.29, 0.717) is 10.9 Å². The first-order valence-corrected chi connectivity index (χ1v) is 11.1. The molecule has 5 rings (SSSR count). The molecule has 1 N–H and O–H groups in total. The molecule has 0 aliphatic heterocycles. The minimum Gasteiger partial charge on any atom is -0.269 e. The van der Waals surface area contributed by atoms with Gasteiger partial charge in [-0.15, -0.1) is 16.4 Å². The van der Waals surface area contributed by atoms with Gasteiger partial charge in [-0.3, -0.25) is 14.3 Å². The topological polar surface area (TPSA) is 75.9 Å². The van der Waals surface area contributed by atoms with Crippen molar-refractivity contribution >= 4 is 28.1 Å². The van der Waals surface area contributed by atoms with Gasteiger partial charge >= 0.3 is 0 Å². The Morgan fingerprint density at radius 2 is 2.00 bits per heavy atom. The number of hydrogen-bond acceptors (Lipinski definition) is 6. The largest absolute Gasteiger partial charge is 0.269 e. The summed E-state index contributed by atoms with van der Waals surface area (Å²) in [6, 6.07) is 9.81. The first kappa shape index (κ1) is 17.6. The van der Waals surface area contributed by atoms with Crippen molar-refractivity contribution in [2.45, 2.75) is 43.5 Å². The fourth-order valence-electron chi connectivity index (χ4n) is 3.51. The monoisotopic (exact) mass is 409 g/mol. The Kier molecular flexibility index (Phi) is 4.52. The van der Waals surface area contributed by atoms with Crippen molar-refractivity contribution in [3.8, 4) is 11.4 Å². The predicted octanol–water partition coefficient (Wildman–Crippen LogP) is 4.02. The van der Waals surface area contributed by atoms with Gasteiger partial charge in [0.15, 0.2) is 10.8 Å². The summed E-state index contributed by atoms with van der Waals surface area (Å²) in [5.74, 6) is 1.32. The van der Waals surface area contributed by atoms with E-state index in [-0.39, 0.29) is 5.56 Å². The molecule has 0 unspecified atom stereocenters. The summed E-state index contributed by atoms with van der Waals surface area (Å²) in [6.45, 7) is 2.06. The Hall–Kier alpha value is -2.45. The Morgan fingerprint density at radius 1 is 1.18 bits per heavy atom. The Labute approximate surface area is 170 Å². The van der Waals surface area contributed by atoms with Gasteiger partial charge in [0.1, 0.15) is 0 Å². The van der Waals surface area contributed by atoms with Crippen molar-refractivity contribution in [2.75, 3.05) is 0 Å². The Balaban J connectivity index is 1.36. The lowest BCUT2D eigenvalue weighted by Gasteiger charge is -2.09. The van der Waals surface area contributed by atoms with Gasteiger partial charge in [-0.2, -0.15) is 0 Å². The molecule has 0 saturated heterocycles. The van der Waals surface area contributed by atoms with Gasteiger partial charge in [0, 0.05) is 28.0 Å². The highest BCUT2D eigenvalue weighted by molar-refractivity contribution is 7.98. The number of aromatic amines is 1. The molecule has 1 aliphatic carbocycles. The molecule has 4 aromatic rings. The average Bonchev–Trinajstić information content (AvgIpc) is 3.31. The van der Waals surface area contributed by atoms with Crippen molar-refractivity contribution in [2.24, 2.45) is 0 Å². The smallest absolute Gasteiger partial charge is 0.259 e. The van der Waals surface area contributed by atoms with Crippen LogP contribution in [0.2, 0.25) is 0 Å². The highest BCUT2D eigenvalue weighted by atomic mass is 32.2. The number of rotatable bonds is 4. The lowest BCUT2D eigenvalue weighted by atomic mass is 10.0. The van der Waals surface area contributed by atoms with Crippen molar-refractivity contribution in [3.05, 3.63) is 62.5 Å². The number of aryl methyl sites for hydroxylation is 3. The van der Waals surface area contributed by atoms with Crippen molar-refractivity contribution in [1.29, 1.82) is 0 Å².